The lowest BCUT2D eigenvalue weighted by Gasteiger charge is -2.16. The number of pyridine rings is 1. The Kier molecular flexibility index (Phi) is 10.3. The van der Waals surface area contributed by atoms with E-state index in [4.69, 9.17) is 18.9 Å². The van der Waals surface area contributed by atoms with Gasteiger partial charge in [-0.25, -0.2) is 13.4 Å². The molecular formula is C27H32N4O8S2. The number of benzene rings is 1. The van der Waals surface area contributed by atoms with E-state index in [1.165, 1.54) is 52.0 Å². The minimum atomic E-state index is -3.56. The summed E-state index contributed by atoms with van der Waals surface area (Å²) in [5.41, 5.74) is 0.667. The van der Waals surface area contributed by atoms with E-state index >= 15 is 0 Å². The molecule has 0 spiro atoms. The molecule has 2 aromatic heterocycles. The lowest BCUT2D eigenvalue weighted by atomic mass is 10.2. The lowest BCUT2D eigenvalue weighted by Crippen LogP contribution is -2.27. The molecule has 1 aromatic carbocycles. The smallest absolute Gasteiger partial charge is 0.311 e. The molecule has 220 valence electrons. The second kappa shape index (κ2) is 13.9. The normalized spacial score (nSPS) is 14.4. The number of hydrogen-bond acceptors (Lipinski definition) is 11. The highest BCUT2D eigenvalue weighted by molar-refractivity contribution is 7.89. The molecule has 41 heavy (non-hydrogen) atoms. The number of nitrogens with zero attached hydrogens (tertiary/aromatic N) is 3. The van der Waals surface area contributed by atoms with Crippen molar-refractivity contribution in [3.8, 4) is 17.5 Å². The van der Waals surface area contributed by atoms with Gasteiger partial charge >= 0.3 is 5.97 Å². The second-order valence-electron chi connectivity index (χ2n) is 9.18. The van der Waals surface area contributed by atoms with E-state index in [1.54, 1.807) is 26.3 Å². The van der Waals surface area contributed by atoms with Crippen LogP contribution in [0.15, 0.2) is 46.7 Å². The molecule has 12 nitrogen and oxygen atoms in total. The molecule has 3 heterocycles. The first-order valence-corrected chi connectivity index (χ1v) is 15.4. The minimum absolute atomic E-state index is 0.000946. The zero-order valence-corrected chi connectivity index (χ0v) is 24.6. The number of amides is 1. The van der Waals surface area contributed by atoms with Gasteiger partial charge in [-0.1, -0.05) is 0 Å². The van der Waals surface area contributed by atoms with Crippen LogP contribution < -0.4 is 14.8 Å². The summed E-state index contributed by atoms with van der Waals surface area (Å²) < 4.78 is 48.9. The van der Waals surface area contributed by atoms with Crippen molar-refractivity contribution in [1.29, 1.82) is 0 Å². The minimum Gasteiger partial charge on any atom is -0.472 e. The van der Waals surface area contributed by atoms with Gasteiger partial charge in [-0.2, -0.15) is 9.29 Å². The molecule has 1 fully saturated rings. The van der Waals surface area contributed by atoms with Gasteiger partial charge in [0.15, 0.2) is 5.13 Å². The summed E-state index contributed by atoms with van der Waals surface area (Å²) in [4.78, 5) is 33.7. The fraction of sp³-hybridized carbons (Fsp3) is 0.407. The first kappa shape index (κ1) is 30.4. The Bertz CT molecular complexity index is 1450. The third-order valence-corrected chi connectivity index (χ3v) is 8.64. The predicted molar refractivity (Wildman–Crippen MR) is 151 cm³/mol. The summed E-state index contributed by atoms with van der Waals surface area (Å²) in [6.45, 7) is 5.10. The first-order chi connectivity index (χ1) is 19.7. The standard InChI is InChI=1S/C27H32N4O8S2/c1-4-37-25(32)15-20-17-40-27(28-20)30-26(33)19-13-23(38-18(2)16-36-3)29-24(14-19)39-21-7-9-22(10-8-21)41(34,35)31-11-5-6-12-31/h7-10,13-14,17-18H,4-6,11-12,15-16H2,1-3H3,(H,28,30,33)/t18-/m1/s1. The van der Waals surface area contributed by atoms with Gasteiger partial charge in [0, 0.05) is 37.7 Å². The fourth-order valence-corrected chi connectivity index (χ4v) is 6.27. The number of hydrogen-bond donors (Lipinski definition) is 1. The van der Waals surface area contributed by atoms with Crippen LogP contribution in [0, 0.1) is 0 Å². The highest BCUT2D eigenvalue weighted by Crippen LogP contribution is 2.28. The van der Waals surface area contributed by atoms with E-state index in [0.29, 0.717) is 36.3 Å². The molecule has 0 radical (unpaired) electrons. The Balaban J connectivity index is 1.52. The molecule has 0 bridgehead atoms. The summed E-state index contributed by atoms with van der Waals surface area (Å²) >= 11 is 1.18. The molecule has 4 rings (SSSR count). The molecule has 1 amide bonds. The van der Waals surface area contributed by atoms with Gasteiger partial charge in [0.2, 0.25) is 21.8 Å². The number of sulfonamides is 1. The number of carbonyl (C=O) groups excluding carboxylic acids is 2. The van der Waals surface area contributed by atoms with Crippen LogP contribution >= 0.6 is 11.3 Å². The average Bonchev–Trinajstić information content (AvgIpc) is 3.62. The number of nitrogens with one attached hydrogen (secondary N) is 1. The summed E-state index contributed by atoms with van der Waals surface area (Å²) in [7, 11) is -2.02. The molecule has 0 unspecified atom stereocenters. The van der Waals surface area contributed by atoms with Crippen LogP contribution in [0.3, 0.4) is 0 Å². The monoisotopic (exact) mass is 604 g/mol. The van der Waals surface area contributed by atoms with E-state index in [9.17, 15) is 18.0 Å². The van der Waals surface area contributed by atoms with Crippen molar-refractivity contribution in [1.82, 2.24) is 14.3 Å². The third-order valence-electron chi connectivity index (χ3n) is 5.92. The summed E-state index contributed by atoms with van der Waals surface area (Å²) in [6, 6.07) is 8.93. The Morgan fingerprint density at radius 2 is 1.80 bits per heavy atom. The van der Waals surface area contributed by atoms with E-state index in [1.807, 2.05) is 0 Å². The van der Waals surface area contributed by atoms with Gasteiger partial charge < -0.3 is 18.9 Å². The maximum atomic E-state index is 13.1. The molecular weight excluding hydrogens is 572 g/mol. The van der Waals surface area contributed by atoms with E-state index < -0.39 is 21.9 Å². The number of anilines is 1. The average molecular weight is 605 g/mol. The van der Waals surface area contributed by atoms with Gasteiger partial charge in [0.1, 0.15) is 11.9 Å². The van der Waals surface area contributed by atoms with E-state index in [0.717, 1.165) is 12.8 Å². The maximum Gasteiger partial charge on any atom is 0.311 e. The fourth-order valence-electron chi connectivity index (χ4n) is 4.05. The van der Waals surface area contributed by atoms with Crippen molar-refractivity contribution in [2.24, 2.45) is 0 Å². The molecule has 1 atom stereocenters. The number of rotatable bonds is 13. The van der Waals surface area contributed by atoms with Crippen molar-refractivity contribution in [2.45, 2.75) is 44.1 Å². The van der Waals surface area contributed by atoms with Crippen LogP contribution in [0.25, 0.3) is 0 Å². The molecule has 0 saturated carbocycles. The molecule has 1 saturated heterocycles. The summed E-state index contributed by atoms with van der Waals surface area (Å²) in [6.07, 6.45) is 1.33. The predicted octanol–water partition coefficient (Wildman–Crippen LogP) is 3.89. The number of methoxy groups -OCH3 is 1. The van der Waals surface area contributed by atoms with Crippen molar-refractivity contribution in [3.63, 3.8) is 0 Å². The third kappa shape index (κ3) is 8.22. The van der Waals surface area contributed by atoms with E-state index in [-0.39, 0.29) is 41.4 Å². The van der Waals surface area contributed by atoms with Crippen LogP contribution in [0.1, 0.15) is 42.7 Å². The molecule has 0 aliphatic carbocycles. The Morgan fingerprint density at radius 3 is 2.49 bits per heavy atom. The summed E-state index contributed by atoms with van der Waals surface area (Å²) in [5.74, 6) is -0.372. The van der Waals surface area contributed by atoms with Crippen LogP contribution in [0.5, 0.6) is 17.5 Å². The van der Waals surface area contributed by atoms with Crippen LogP contribution in [-0.2, 0) is 30.7 Å². The SMILES string of the molecule is CCOC(=O)Cc1csc(NC(=O)c2cc(Oc3ccc(S(=O)(=O)N4CCCC4)cc3)nc(O[C@H](C)COC)c2)n1. The summed E-state index contributed by atoms with van der Waals surface area (Å²) in [5, 5.41) is 4.69. The zero-order chi connectivity index (χ0) is 29.4. The van der Waals surface area contributed by atoms with E-state index in [2.05, 4.69) is 15.3 Å². The molecule has 1 N–H and O–H groups in total. The van der Waals surface area contributed by atoms with Gasteiger partial charge in [-0.15, -0.1) is 11.3 Å². The van der Waals surface area contributed by atoms with Gasteiger partial charge in [-0.3, -0.25) is 14.9 Å². The maximum absolute atomic E-state index is 13.1. The number of esters is 1. The highest BCUT2D eigenvalue weighted by atomic mass is 32.2. The van der Waals surface area contributed by atoms with Crippen molar-refractivity contribution >= 4 is 38.4 Å². The van der Waals surface area contributed by atoms with Crippen molar-refractivity contribution < 1.29 is 37.0 Å². The Labute approximate surface area is 242 Å². The topological polar surface area (TPSA) is 146 Å². The van der Waals surface area contributed by atoms with Crippen molar-refractivity contribution in [2.75, 3.05) is 38.7 Å². The Morgan fingerprint density at radius 1 is 1.10 bits per heavy atom. The number of aromatic nitrogens is 2. The largest absolute Gasteiger partial charge is 0.472 e. The van der Waals surface area contributed by atoms with Crippen molar-refractivity contribution in [3.05, 3.63) is 53.0 Å². The second-order valence-corrected chi connectivity index (χ2v) is 12.0. The molecule has 1 aliphatic heterocycles. The highest BCUT2D eigenvalue weighted by Gasteiger charge is 2.27. The molecule has 3 aromatic rings. The molecule has 14 heteroatoms. The zero-order valence-electron chi connectivity index (χ0n) is 23.0. The van der Waals surface area contributed by atoms with Gasteiger partial charge in [0.05, 0.1) is 35.8 Å². The molecule has 1 aliphatic rings. The van der Waals surface area contributed by atoms with Gasteiger partial charge in [0.25, 0.3) is 5.91 Å². The van der Waals surface area contributed by atoms with Crippen LogP contribution in [0.2, 0.25) is 0 Å². The first-order valence-electron chi connectivity index (χ1n) is 13.0. The number of carbonyl (C=O) groups is 2. The number of ether oxygens (including phenoxy) is 4. The lowest BCUT2D eigenvalue weighted by molar-refractivity contribution is -0.142. The van der Waals surface area contributed by atoms with Gasteiger partial charge in [-0.05, 0) is 51.0 Å². The van der Waals surface area contributed by atoms with Crippen LogP contribution in [0.4, 0.5) is 5.13 Å². The number of thiazole rings is 1. The quantitative estimate of drug-likeness (QED) is 0.285. The van der Waals surface area contributed by atoms with Crippen LogP contribution in [-0.4, -0.2) is 74.1 Å². The Hall–Kier alpha value is -3.59.